The first-order chi connectivity index (χ1) is 8.83. The molecule has 0 spiro atoms. The molecule has 0 saturated heterocycles. The molecule has 1 nitrogen and oxygen atoms in total. The van der Waals surface area contributed by atoms with Crippen LogP contribution in [-0.2, 0) is 6.42 Å². The van der Waals surface area contributed by atoms with Crippen LogP contribution in [0, 0.1) is 0 Å². The maximum absolute atomic E-state index is 3.73. The number of benzene rings is 1. The van der Waals surface area contributed by atoms with E-state index in [0.29, 0.717) is 4.75 Å². The van der Waals surface area contributed by atoms with Gasteiger partial charge in [0.1, 0.15) is 0 Å². The molecule has 2 heteroatoms. The Morgan fingerprint density at radius 3 is 2.94 bits per heavy atom. The van der Waals surface area contributed by atoms with Crippen LogP contribution < -0.4 is 5.32 Å². The molecule has 1 fully saturated rings. The molecular weight excluding hydrogens is 238 g/mol. The molecule has 1 aromatic rings. The van der Waals surface area contributed by atoms with Gasteiger partial charge in [-0.25, -0.2) is 0 Å². The average molecular weight is 261 g/mol. The average Bonchev–Trinajstić information content (AvgIpc) is 3.20. The molecule has 98 valence electrons. The van der Waals surface area contributed by atoms with E-state index in [4.69, 9.17) is 0 Å². The lowest BCUT2D eigenvalue weighted by Crippen LogP contribution is -2.31. The number of fused-ring (bicyclic) bond motifs is 1. The van der Waals surface area contributed by atoms with E-state index in [9.17, 15) is 0 Å². The predicted octanol–water partition coefficient (Wildman–Crippen LogP) is 3.59. The third kappa shape index (κ3) is 2.60. The molecule has 1 saturated carbocycles. The maximum Gasteiger partial charge on any atom is 0.0282 e. The molecule has 2 aliphatic carbocycles. The number of thioether (sulfide) groups is 1. The summed E-state index contributed by atoms with van der Waals surface area (Å²) in [6.07, 6.45) is 9.06. The van der Waals surface area contributed by atoms with Crippen molar-refractivity contribution in [2.24, 2.45) is 0 Å². The summed E-state index contributed by atoms with van der Waals surface area (Å²) in [5, 5.41) is 3.73. The van der Waals surface area contributed by atoms with Gasteiger partial charge in [-0.2, -0.15) is 11.8 Å². The minimum absolute atomic E-state index is 0.591. The molecule has 3 rings (SSSR count). The van der Waals surface area contributed by atoms with E-state index in [-0.39, 0.29) is 0 Å². The van der Waals surface area contributed by atoms with Crippen LogP contribution in [0.5, 0.6) is 0 Å². The quantitative estimate of drug-likeness (QED) is 0.869. The third-order valence-electron chi connectivity index (χ3n) is 4.57. The summed E-state index contributed by atoms with van der Waals surface area (Å²) >= 11 is 2.05. The fraction of sp³-hybridized carbons (Fsp3) is 0.625. The van der Waals surface area contributed by atoms with Crippen LogP contribution in [0.1, 0.15) is 42.7 Å². The summed E-state index contributed by atoms with van der Waals surface area (Å²) in [5.41, 5.74) is 3.19. The SMILES string of the molecule is CSC1(CNCC2CCCc3ccccc32)CC1. The molecule has 0 aromatic heterocycles. The van der Waals surface area contributed by atoms with Gasteiger partial charge in [0.05, 0.1) is 0 Å². The van der Waals surface area contributed by atoms with Crippen LogP contribution in [0.2, 0.25) is 0 Å². The normalized spacial score (nSPS) is 24.6. The first-order valence-corrected chi connectivity index (χ1v) is 8.39. The Bertz CT molecular complexity index is 411. The second-order valence-corrected chi connectivity index (χ2v) is 7.08. The summed E-state index contributed by atoms with van der Waals surface area (Å²) in [6.45, 7) is 2.37. The van der Waals surface area contributed by atoms with E-state index in [2.05, 4.69) is 35.8 Å². The summed E-state index contributed by atoms with van der Waals surface area (Å²) in [4.78, 5) is 0. The van der Waals surface area contributed by atoms with Gasteiger partial charge in [0.15, 0.2) is 0 Å². The van der Waals surface area contributed by atoms with Gasteiger partial charge < -0.3 is 5.32 Å². The monoisotopic (exact) mass is 261 g/mol. The summed E-state index contributed by atoms with van der Waals surface area (Å²) in [7, 11) is 0. The first-order valence-electron chi connectivity index (χ1n) is 7.17. The molecule has 18 heavy (non-hydrogen) atoms. The van der Waals surface area contributed by atoms with Gasteiger partial charge in [-0.1, -0.05) is 24.3 Å². The fourth-order valence-electron chi connectivity index (χ4n) is 3.13. The highest BCUT2D eigenvalue weighted by Crippen LogP contribution is 2.46. The van der Waals surface area contributed by atoms with E-state index in [0.717, 1.165) is 5.92 Å². The number of rotatable bonds is 5. The van der Waals surface area contributed by atoms with Gasteiger partial charge in [0.25, 0.3) is 0 Å². The van der Waals surface area contributed by atoms with Crippen LogP contribution in [0.15, 0.2) is 24.3 Å². The van der Waals surface area contributed by atoms with Crippen molar-refractivity contribution in [2.75, 3.05) is 19.3 Å². The van der Waals surface area contributed by atoms with Gasteiger partial charge in [0.2, 0.25) is 0 Å². The summed E-state index contributed by atoms with van der Waals surface area (Å²) in [5.74, 6) is 0.743. The van der Waals surface area contributed by atoms with Crippen molar-refractivity contribution in [3.8, 4) is 0 Å². The lowest BCUT2D eigenvalue weighted by atomic mass is 9.83. The van der Waals surface area contributed by atoms with Crippen molar-refractivity contribution >= 4 is 11.8 Å². The molecule has 0 amide bonds. The molecule has 0 aliphatic heterocycles. The zero-order valence-electron chi connectivity index (χ0n) is 11.2. The fourth-order valence-corrected chi connectivity index (χ4v) is 3.89. The topological polar surface area (TPSA) is 12.0 Å². The molecule has 0 bridgehead atoms. The third-order valence-corrected chi connectivity index (χ3v) is 5.99. The Morgan fingerprint density at radius 2 is 2.17 bits per heavy atom. The van der Waals surface area contributed by atoms with Gasteiger partial charge in [-0.15, -0.1) is 0 Å². The Hall–Kier alpha value is -0.470. The van der Waals surface area contributed by atoms with Crippen molar-refractivity contribution in [3.63, 3.8) is 0 Å². The van der Waals surface area contributed by atoms with Crippen LogP contribution >= 0.6 is 11.8 Å². The van der Waals surface area contributed by atoms with Gasteiger partial charge >= 0.3 is 0 Å². The number of nitrogens with one attached hydrogen (secondary N) is 1. The smallest absolute Gasteiger partial charge is 0.0282 e. The zero-order valence-corrected chi connectivity index (χ0v) is 12.1. The van der Waals surface area contributed by atoms with E-state index < -0.39 is 0 Å². The van der Waals surface area contributed by atoms with Crippen LogP contribution in [0.4, 0.5) is 0 Å². The lowest BCUT2D eigenvalue weighted by Gasteiger charge is -2.26. The van der Waals surface area contributed by atoms with Crippen molar-refractivity contribution in [3.05, 3.63) is 35.4 Å². The van der Waals surface area contributed by atoms with Gasteiger partial charge in [0, 0.05) is 17.8 Å². The van der Waals surface area contributed by atoms with Gasteiger partial charge in [-0.3, -0.25) is 0 Å². The van der Waals surface area contributed by atoms with Crippen molar-refractivity contribution in [1.29, 1.82) is 0 Å². The molecule has 1 aromatic carbocycles. The van der Waals surface area contributed by atoms with Crippen molar-refractivity contribution in [2.45, 2.75) is 42.8 Å². The van der Waals surface area contributed by atoms with Crippen LogP contribution in [0.25, 0.3) is 0 Å². The highest BCUT2D eigenvalue weighted by atomic mass is 32.2. The van der Waals surface area contributed by atoms with Crippen molar-refractivity contribution in [1.82, 2.24) is 5.32 Å². The first kappa shape index (κ1) is 12.6. The molecule has 1 atom stereocenters. The molecule has 1 N–H and O–H groups in total. The van der Waals surface area contributed by atoms with Gasteiger partial charge in [-0.05, 0) is 55.4 Å². The Morgan fingerprint density at radius 1 is 1.33 bits per heavy atom. The van der Waals surface area contributed by atoms with Crippen LogP contribution in [0.3, 0.4) is 0 Å². The van der Waals surface area contributed by atoms with E-state index in [1.807, 2.05) is 11.8 Å². The second kappa shape index (κ2) is 5.26. The second-order valence-electron chi connectivity index (χ2n) is 5.81. The number of hydrogen-bond acceptors (Lipinski definition) is 2. The Balaban J connectivity index is 1.57. The highest BCUT2D eigenvalue weighted by Gasteiger charge is 2.41. The van der Waals surface area contributed by atoms with Crippen molar-refractivity contribution < 1.29 is 0 Å². The van der Waals surface area contributed by atoms with E-state index in [1.165, 1.54) is 45.2 Å². The number of hydrogen-bond donors (Lipinski definition) is 1. The predicted molar refractivity (Wildman–Crippen MR) is 80.5 cm³/mol. The molecule has 1 unspecified atom stereocenters. The minimum atomic E-state index is 0.591. The molecule has 0 radical (unpaired) electrons. The standard InChI is InChI=1S/C16H23NS/c1-18-16(9-10-16)12-17-11-14-7-4-6-13-5-2-3-8-15(13)14/h2-3,5,8,14,17H,4,6-7,9-12H2,1H3. The largest absolute Gasteiger partial charge is 0.315 e. The molecule has 0 heterocycles. The van der Waals surface area contributed by atoms with E-state index in [1.54, 1.807) is 11.1 Å². The maximum atomic E-state index is 3.73. The summed E-state index contributed by atoms with van der Waals surface area (Å²) in [6, 6.07) is 9.02. The molecular formula is C16H23NS. The van der Waals surface area contributed by atoms with E-state index >= 15 is 0 Å². The highest BCUT2D eigenvalue weighted by molar-refractivity contribution is 8.00. The Labute approximate surface area is 115 Å². The zero-order chi connectivity index (χ0) is 12.4. The number of aryl methyl sites for hydroxylation is 1. The Kier molecular flexibility index (Phi) is 3.67. The van der Waals surface area contributed by atoms with Crippen LogP contribution in [-0.4, -0.2) is 24.1 Å². The lowest BCUT2D eigenvalue weighted by molar-refractivity contribution is 0.505. The molecule has 2 aliphatic rings. The summed E-state index contributed by atoms with van der Waals surface area (Å²) < 4.78 is 0.591. The minimum Gasteiger partial charge on any atom is -0.315 e.